The highest BCUT2D eigenvalue weighted by Gasteiger charge is 2.29. The number of aromatic nitrogens is 3. The third kappa shape index (κ3) is 4.10. The lowest BCUT2D eigenvalue weighted by atomic mass is 10.1. The molecule has 3 aromatic rings. The number of methoxy groups -OCH3 is 1. The molecule has 4 rings (SSSR count). The number of hydrogen-bond donors (Lipinski definition) is 0. The zero-order valence-corrected chi connectivity index (χ0v) is 18.0. The predicted molar refractivity (Wildman–Crippen MR) is 119 cm³/mol. The first-order valence-corrected chi connectivity index (χ1v) is 10.4. The molecule has 1 aromatic carbocycles. The van der Waals surface area contributed by atoms with Crippen LogP contribution in [-0.4, -0.2) is 47.3 Å². The summed E-state index contributed by atoms with van der Waals surface area (Å²) in [6, 6.07) is 11.1. The van der Waals surface area contributed by atoms with Crippen LogP contribution in [0.2, 0.25) is 0 Å². The number of piperazine rings is 1. The Labute approximate surface area is 180 Å². The third-order valence-corrected chi connectivity index (χ3v) is 5.81. The van der Waals surface area contributed by atoms with E-state index in [0.717, 1.165) is 37.1 Å². The lowest BCUT2D eigenvalue weighted by molar-refractivity contribution is 0.414. The second-order valence-electron chi connectivity index (χ2n) is 7.59. The van der Waals surface area contributed by atoms with E-state index in [-0.39, 0.29) is 17.2 Å². The van der Waals surface area contributed by atoms with Crippen molar-refractivity contribution in [2.45, 2.75) is 19.4 Å². The van der Waals surface area contributed by atoms with Gasteiger partial charge in [-0.1, -0.05) is 6.92 Å². The molecule has 0 radical (unpaired) electrons. The Kier molecular flexibility index (Phi) is 5.88. The molecule has 0 amide bonds. The second-order valence-corrected chi connectivity index (χ2v) is 7.59. The van der Waals surface area contributed by atoms with E-state index in [4.69, 9.17) is 9.72 Å². The fraction of sp³-hybridized carbons (Fsp3) is 0.348. The van der Waals surface area contributed by atoms with Crippen LogP contribution in [0.25, 0.3) is 11.3 Å². The summed E-state index contributed by atoms with van der Waals surface area (Å²) in [5.74, 6) is 0.888. The quantitative estimate of drug-likeness (QED) is 0.629. The lowest BCUT2D eigenvalue weighted by Gasteiger charge is -2.43. The highest BCUT2D eigenvalue weighted by molar-refractivity contribution is 5.61. The normalized spacial score (nSPS) is 16.5. The Bertz CT molecular complexity index is 1120. The molecule has 0 unspecified atom stereocenters. The summed E-state index contributed by atoms with van der Waals surface area (Å²) in [4.78, 5) is 25.6. The molecule has 1 saturated heterocycles. The van der Waals surface area contributed by atoms with Gasteiger partial charge in [0.15, 0.2) is 5.82 Å². The fourth-order valence-electron chi connectivity index (χ4n) is 4.00. The van der Waals surface area contributed by atoms with Gasteiger partial charge in [-0.3, -0.25) is 14.3 Å². The topological polar surface area (TPSA) is 63.5 Å². The first-order chi connectivity index (χ1) is 15.0. The molecule has 0 aliphatic carbocycles. The lowest BCUT2D eigenvalue weighted by Crippen LogP contribution is -2.54. The fourth-order valence-corrected chi connectivity index (χ4v) is 4.00. The van der Waals surface area contributed by atoms with E-state index in [1.165, 1.54) is 16.8 Å². The van der Waals surface area contributed by atoms with Crippen LogP contribution in [0.1, 0.15) is 13.3 Å². The SMILES string of the molecule is CC[C@@H]1CN(c2ccc(OC)cc2)CCN1c1nc(-c2ccncc2F)cc(=O)n1C. The highest BCUT2D eigenvalue weighted by Crippen LogP contribution is 2.27. The number of pyridine rings is 1. The van der Waals surface area contributed by atoms with Gasteiger partial charge < -0.3 is 14.5 Å². The molecule has 3 heterocycles. The zero-order valence-electron chi connectivity index (χ0n) is 18.0. The van der Waals surface area contributed by atoms with E-state index < -0.39 is 5.82 Å². The maximum absolute atomic E-state index is 14.3. The Morgan fingerprint density at radius 3 is 2.65 bits per heavy atom. The summed E-state index contributed by atoms with van der Waals surface area (Å²) in [5, 5.41) is 0. The molecular weight excluding hydrogens is 397 g/mol. The molecular formula is C23H26FN5O2. The van der Waals surface area contributed by atoms with Crippen LogP contribution in [0.15, 0.2) is 53.6 Å². The summed E-state index contributed by atoms with van der Waals surface area (Å²) < 4.78 is 21.1. The van der Waals surface area contributed by atoms with Crippen LogP contribution in [0.4, 0.5) is 16.0 Å². The van der Waals surface area contributed by atoms with Crippen molar-refractivity contribution in [1.82, 2.24) is 14.5 Å². The van der Waals surface area contributed by atoms with Gasteiger partial charge in [-0.05, 0) is 36.8 Å². The second kappa shape index (κ2) is 8.75. The van der Waals surface area contributed by atoms with Gasteiger partial charge in [0.25, 0.3) is 5.56 Å². The zero-order chi connectivity index (χ0) is 22.0. The van der Waals surface area contributed by atoms with Crippen molar-refractivity contribution >= 4 is 11.6 Å². The largest absolute Gasteiger partial charge is 0.497 e. The summed E-state index contributed by atoms with van der Waals surface area (Å²) >= 11 is 0. The Morgan fingerprint density at radius 2 is 1.97 bits per heavy atom. The molecule has 0 saturated carbocycles. The molecule has 0 bridgehead atoms. The van der Waals surface area contributed by atoms with Gasteiger partial charge in [-0.15, -0.1) is 0 Å². The first-order valence-electron chi connectivity index (χ1n) is 10.4. The van der Waals surface area contributed by atoms with Crippen LogP contribution >= 0.6 is 0 Å². The number of halogens is 1. The van der Waals surface area contributed by atoms with E-state index in [2.05, 4.69) is 33.8 Å². The number of nitrogens with zero attached hydrogens (tertiary/aromatic N) is 5. The number of ether oxygens (including phenoxy) is 1. The standard InChI is InChI=1S/C23H26FN5O2/c1-4-16-15-28(17-5-7-18(31-3)8-6-17)11-12-29(16)23-26-21(13-22(30)27(23)2)19-9-10-25-14-20(19)24/h5-10,13-14,16H,4,11-12,15H2,1-3H3/t16-/m1/s1. The van der Waals surface area contributed by atoms with Crippen molar-refractivity contribution in [1.29, 1.82) is 0 Å². The van der Waals surface area contributed by atoms with Gasteiger partial charge >= 0.3 is 0 Å². The molecule has 1 atom stereocenters. The summed E-state index contributed by atoms with van der Waals surface area (Å²) in [6.45, 7) is 4.41. The van der Waals surface area contributed by atoms with Crippen molar-refractivity contribution in [3.05, 3.63) is 65.0 Å². The van der Waals surface area contributed by atoms with Crippen molar-refractivity contribution < 1.29 is 9.13 Å². The van der Waals surface area contributed by atoms with Crippen LogP contribution in [-0.2, 0) is 7.05 Å². The van der Waals surface area contributed by atoms with Crippen molar-refractivity contribution in [3.8, 4) is 17.0 Å². The van der Waals surface area contributed by atoms with E-state index in [1.54, 1.807) is 20.2 Å². The van der Waals surface area contributed by atoms with Gasteiger partial charge in [0, 0.05) is 56.2 Å². The maximum atomic E-state index is 14.3. The van der Waals surface area contributed by atoms with E-state index in [0.29, 0.717) is 18.2 Å². The third-order valence-electron chi connectivity index (χ3n) is 5.81. The maximum Gasteiger partial charge on any atom is 0.255 e. The molecule has 2 aromatic heterocycles. The van der Waals surface area contributed by atoms with Crippen molar-refractivity contribution in [3.63, 3.8) is 0 Å². The summed E-state index contributed by atoms with van der Waals surface area (Å²) in [7, 11) is 3.37. The molecule has 1 fully saturated rings. The molecule has 162 valence electrons. The molecule has 1 aliphatic rings. The minimum atomic E-state index is -0.495. The van der Waals surface area contributed by atoms with Gasteiger partial charge in [0.05, 0.1) is 19.0 Å². The number of benzene rings is 1. The van der Waals surface area contributed by atoms with Crippen LogP contribution in [0, 0.1) is 5.82 Å². The first kappa shape index (κ1) is 20.8. The Balaban J connectivity index is 1.65. The monoisotopic (exact) mass is 423 g/mol. The van der Waals surface area contributed by atoms with Gasteiger partial charge in [0.1, 0.15) is 5.75 Å². The average Bonchev–Trinajstić information content (AvgIpc) is 2.81. The van der Waals surface area contributed by atoms with E-state index in [1.807, 2.05) is 12.1 Å². The minimum Gasteiger partial charge on any atom is -0.497 e. The molecule has 0 N–H and O–H groups in total. The van der Waals surface area contributed by atoms with Gasteiger partial charge in [-0.25, -0.2) is 9.37 Å². The smallest absolute Gasteiger partial charge is 0.255 e. The molecule has 1 aliphatic heterocycles. The number of anilines is 2. The summed E-state index contributed by atoms with van der Waals surface area (Å²) in [5.41, 5.74) is 1.52. The van der Waals surface area contributed by atoms with Crippen molar-refractivity contribution in [2.75, 3.05) is 36.5 Å². The van der Waals surface area contributed by atoms with Crippen LogP contribution < -0.4 is 20.1 Å². The van der Waals surface area contributed by atoms with Crippen LogP contribution in [0.5, 0.6) is 5.75 Å². The molecule has 0 spiro atoms. The number of hydrogen-bond acceptors (Lipinski definition) is 6. The van der Waals surface area contributed by atoms with Gasteiger partial charge in [0.2, 0.25) is 5.95 Å². The van der Waals surface area contributed by atoms with E-state index in [9.17, 15) is 9.18 Å². The molecule has 7 nitrogen and oxygen atoms in total. The molecule has 8 heteroatoms. The Morgan fingerprint density at radius 1 is 1.19 bits per heavy atom. The average molecular weight is 423 g/mol. The van der Waals surface area contributed by atoms with E-state index >= 15 is 0 Å². The minimum absolute atomic E-state index is 0.159. The van der Waals surface area contributed by atoms with Crippen molar-refractivity contribution in [2.24, 2.45) is 7.05 Å². The summed E-state index contributed by atoms with van der Waals surface area (Å²) in [6.07, 6.45) is 3.52. The van der Waals surface area contributed by atoms with Gasteiger partial charge in [-0.2, -0.15) is 0 Å². The molecule has 31 heavy (non-hydrogen) atoms. The van der Waals surface area contributed by atoms with Crippen LogP contribution in [0.3, 0.4) is 0 Å². The predicted octanol–water partition coefficient (Wildman–Crippen LogP) is 3.10. The highest BCUT2D eigenvalue weighted by atomic mass is 19.1. The number of rotatable bonds is 5. The Hall–Kier alpha value is -3.42.